The Bertz CT molecular complexity index is 7320. The Morgan fingerprint density at radius 1 is 0.233 bits per heavy atom. The summed E-state index contributed by atoms with van der Waals surface area (Å²) in [4.78, 5) is 37.6. The summed E-state index contributed by atoms with van der Waals surface area (Å²) in [5.74, 6) is 2.26. The van der Waals surface area contributed by atoms with Crippen LogP contribution in [0.25, 0.3) is 105 Å². The van der Waals surface area contributed by atoms with Gasteiger partial charge in [0.25, 0.3) is 20.1 Å². The van der Waals surface area contributed by atoms with Crippen molar-refractivity contribution in [2.75, 3.05) is 14.7 Å². The summed E-state index contributed by atoms with van der Waals surface area (Å²) < 4.78 is 15.8. The third kappa shape index (κ3) is 11.4. The molecule has 0 N–H and O–H groups in total. The lowest BCUT2D eigenvalue weighted by Gasteiger charge is -2.32. The number of hydrogen-bond acceptors (Lipinski definition) is 15. The van der Waals surface area contributed by atoms with Crippen LogP contribution in [0, 0.1) is 0 Å². The molecule has 0 saturated carbocycles. The monoisotopic (exact) mass is 1590 g/mol. The molecule has 116 heavy (non-hydrogen) atoms. The van der Waals surface area contributed by atoms with Crippen molar-refractivity contribution in [3.63, 3.8) is 0 Å². The first-order valence-corrected chi connectivity index (χ1v) is 43.5. The average Bonchev–Trinajstić information content (AvgIpc) is 1.54. The van der Waals surface area contributed by atoms with Crippen molar-refractivity contribution in [2.45, 2.75) is 0 Å². The van der Waals surface area contributed by atoms with E-state index in [1.807, 2.05) is 117 Å². The van der Waals surface area contributed by atoms with E-state index in [4.69, 9.17) is 29.9 Å². The zero-order valence-corrected chi connectivity index (χ0v) is 66.7. The van der Waals surface area contributed by atoms with E-state index in [0.717, 1.165) is 56.1 Å². The zero-order valence-electron chi connectivity index (χ0n) is 61.8. The lowest BCUT2D eigenvalue weighted by Crippen LogP contribution is -2.54. The highest BCUT2D eigenvalue weighted by atomic mass is 32.1. The van der Waals surface area contributed by atoms with E-state index in [1.165, 1.54) is 140 Å². The topological polar surface area (TPSA) is 87.1 Å². The van der Waals surface area contributed by atoms with E-state index in [-0.39, 0.29) is 20.1 Å². The third-order valence-corrected chi connectivity index (χ3v) is 29.7. The van der Waals surface area contributed by atoms with Gasteiger partial charge in [-0.15, -0.1) is 68.0 Å². The maximum atomic E-state index is 5.39. The molecule has 3 aliphatic heterocycles. The van der Waals surface area contributed by atoms with Crippen molar-refractivity contribution in [3.8, 4) is 22.5 Å². The molecule has 0 unspecified atom stereocenters. The number of fused-ring (bicyclic) bond motifs is 20. The lowest BCUT2D eigenvalue weighted by molar-refractivity contribution is 1.13. The first-order chi connectivity index (χ1) is 57.6. The molecule has 3 aliphatic rings. The van der Waals surface area contributed by atoms with Crippen molar-refractivity contribution >= 4 is 267 Å². The van der Waals surface area contributed by atoms with Crippen LogP contribution in [0.4, 0.5) is 51.8 Å². The number of rotatable bonds is 8. The SMILES string of the molecule is c1ccc(B2c3sc4ccccc4c3N(c3cncc(-c4ccccc4)n3)c3c2sc2ccccc32)cc1.c1ccc(B2c3sc4ccccc4c3N(c3nc(-c4ccccc4)c4ccccc4n3)c3c2sc2ccccc32)cc1.c1ccc(B2c3sc4ccccc4c3N(c3ncc4ccccc4n3)c3c2sc2ccccc32)cc1. The second kappa shape index (κ2) is 28.5. The predicted octanol–water partition coefficient (Wildman–Crippen LogP) is 21.3. The molecule has 0 fully saturated rings. The van der Waals surface area contributed by atoms with Crippen molar-refractivity contribution in [3.05, 3.63) is 364 Å². The second-order valence-corrected chi connectivity index (χ2v) is 35.5. The Morgan fingerprint density at radius 3 is 0.948 bits per heavy atom. The smallest absolute Gasteiger partial charge is 0.272 e. The van der Waals surface area contributed by atoms with Crippen LogP contribution in [0.1, 0.15) is 0 Å². The van der Waals surface area contributed by atoms with E-state index >= 15 is 0 Å². The number of hydrogen-bond donors (Lipinski definition) is 0. The average molecular weight is 1590 g/mol. The number of anilines is 9. The molecule has 0 amide bonds. The summed E-state index contributed by atoms with van der Waals surface area (Å²) in [6.45, 7) is 0.469. The van der Waals surface area contributed by atoms with Gasteiger partial charge in [-0.3, -0.25) is 19.7 Å². The highest BCUT2D eigenvalue weighted by Crippen LogP contribution is 2.51. The molecular formula is C98H60B3N9S6. The Balaban J connectivity index is 0.000000103. The van der Waals surface area contributed by atoms with Crippen LogP contribution < -0.4 is 59.7 Å². The van der Waals surface area contributed by atoms with Crippen LogP contribution >= 0.6 is 68.0 Å². The number of aromatic nitrogens is 6. The van der Waals surface area contributed by atoms with Crippen LogP contribution in [-0.4, -0.2) is 50.0 Å². The van der Waals surface area contributed by atoms with Crippen molar-refractivity contribution in [1.82, 2.24) is 29.9 Å². The molecule has 0 aliphatic carbocycles. The number of benzene rings is 13. The molecular weight excluding hydrogens is 1530 g/mol. The van der Waals surface area contributed by atoms with Crippen LogP contribution in [0.3, 0.4) is 0 Å². The fourth-order valence-corrected chi connectivity index (χ4v) is 25.5. The molecule has 9 nitrogen and oxygen atoms in total. The second-order valence-electron chi connectivity index (χ2n) is 29.0. The Hall–Kier alpha value is -13.0. The molecule has 22 aromatic rings. The molecule has 9 aromatic heterocycles. The number of para-hydroxylation sites is 2. The molecule has 0 spiro atoms. The molecule has 13 aromatic carbocycles. The fraction of sp³-hybridized carbons (Fsp3) is 0. The molecule has 12 heterocycles. The van der Waals surface area contributed by atoms with Gasteiger partial charge in [0.05, 0.1) is 68.9 Å². The number of thiophene rings is 6. The standard InChI is InChI=1S/C36H22BN3S2.C32H20BN3S2.C30H18BN3S2/c1-3-13-23(14-4-1)31-25-17-7-10-20-28(25)38-36(39-31)40-32-26-18-8-11-21-29(26)41-34(32)37(24-15-5-2-6-16-24)35-33(40)27-19-9-12-22-30(27)42-35;1-3-11-21(12-4-1)25-19-34-20-28(35-25)36-29-23-15-7-9-17-26(23)37-31(29)33(22-13-5-2-6-14-22)32-30(36)24-16-8-10-18-27(24)38-32;1-2-11-20(12-3-1)31-28-26(21-13-5-8-16-24(21)35-28)34(27-22-14-6-9-17-25(22)36-29(27)31)30-32-18-19-10-4-7-15-23(19)33-30/h1-22H;1-20H;1-18H. The molecule has 0 radical (unpaired) electrons. The molecule has 0 atom stereocenters. The Kier molecular flexibility index (Phi) is 16.8. The minimum Gasteiger partial charge on any atom is -0.292 e. The van der Waals surface area contributed by atoms with Gasteiger partial charge >= 0.3 is 0 Å². The third-order valence-electron chi connectivity index (χ3n) is 22.3. The molecule has 18 heteroatoms. The Morgan fingerprint density at radius 2 is 0.543 bits per heavy atom. The van der Waals surface area contributed by atoms with Crippen molar-refractivity contribution in [1.29, 1.82) is 0 Å². The summed E-state index contributed by atoms with van der Waals surface area (Å²) >= 11 is 11.3. The van der Waals surface area contributed by atoms with Gasteiger partial charge in [-0.05, 0) is 48.5 Å². The van der Waals surface area contributed by atoms with E-state index < -0.39 is 0 Å². The first kappa shape index (κ1) is 68.6. The van der Waals surface area contributed by atoms with Crippen LogP contribution in [-0.2, 0) is 0 Å². The van der Waals surface area contributed by atoms with Gasteiger partial charge < -0.3 is 0 Å². The van der Waals surface area contributed by atoms with Crippen molar-refractivity contribution in [2.24, 2.45) is 0 Å². The first-order valence-electron chi connectivity index (χ1n) is 38.6. The van der Waals surface area contributed by atoms with E-state index in [9.17, 15) is 0 Å². The molecule has 0 bridgehead atoms. The van der Waals surface area contributed by atoms with E-state index in [1.54, 1.807) is 0 Å². The van der Waals surface area contributed by atoms with Gasteiger partial charge in [0.2, 0.25) is 11.9 Å². The molecule has 25 rings (SSSR count). The van der Waals surface area contributed by atoms with Crippen LogP contribution in [0.2, 0.25) is 0 Å². The summed E-state index contributed by atoms with van der Waals surface area (Å²) in [5.41, 5.74) is 17.0. The molecule has 542 valence electrons. The predicted molar refractivity (Wildman–Crippen MR) is 502 cm³/mol. The molecule has 0 saturated heterocycles. The summed E-state index contributed by atoms with van der Waals surface area (Å²) in [5, 5.41) is 9.56. The lowest BCUT2D eigenvalue weighted by atomic mass is 9.41. The highest BCUT2D eigenvalue weighted by Gasteiger charge is 2.45. The normalized spacial score (nSPS) is 12.7. The van der Waals surface area contributed by atoms with Gasteiger partial charge in [-0.2, -0.15) is 0 Å². The summed E-state index contributed by atoms with van der Waals surface area (Å²) in [7, 11) is 0. The van der Waals surface area contributed by atoms with Gasteiger partial charge in [0.15, 0.2) is 5.82 Å². The van der Waals surface area contributed by atoms with Gasteiger partial charge in [-0.1, -0.05) is 314 Å². The number of nitrogens with zero attached hydrogens (tertiary/aromatic N) is 9. The maximum Gasteiger partial charge on any atom is 0.272 e. The quantitative estimate of drug-likeness (QED) is 0.138. The largest absolute Gasteiger partial charge is 0.292 e. The van der Waals surface area contributed by atoms with Gasteiger partial charge in [0, 0.05) is 117 Å². The minimum atomic E-state index is 0.135. The fourth-order valence-electron chi connectivity index (χ4n) is 17.3. The van der Waals surface area contributed by atoms with E-state index in [2.05, 4.69) is 330 Å². The van der Waals surface area contributed by atoms with Gasteiger partial charge in [-0.25, -0.2) is 24.9 Å². The highest BCUT2D eigenvalue weighted by molar-refractivity contribution is 7.42. The van der Waals surface area contributed by atoms with Crippen LogP contribution in [0.5, 0.6) is 0 Å². The van der Waals surface area contributed by atoms with Crippen molar-refractivity contribution < 1.29 is 0 Å². The zero-order chi connectivity index (χ0) is 76.3. The minimum absolute atomic E-state index is 0.135. The summed E-state index contributed by atoms with van der Waals surface area (Å²) in [6.07, 6.45) is 5.71. The van der Waals surface area contributed by atoms with E-state index in [0.29, 0.717) is 5.95 Å². The summed E-state index contributed by atoms with van der Waals surface area (Å²) in [6, 6.07) is 123. The maximum absolute atomic E-state index is 5.39. The van der Waals surface area contributed by atoms with Gasteiger partial charge in [0.1, 0.15) is 0 Å². The van der Waals surface area contributed by atoms with Crippen LogP contribution in [0.15, 0.2) is 364 Å². The Labute approximate surface area is 693 Å².